The molecule has 108 valence electrons. The standard InChI is InChI=1S/2C4H8O5.Mg/c2*5-1-2(6)3(7)4(8)9;/h2*2-3,5-7H,1H2,(H,8,9);/q;;+2/p-2/t2*2-,3?;/m00./s1. The molecule has 0 radical (unpaired) electrons. The van der Waals surface area contributed by atoms with E-state index in [-0.39, 0.29) is 23.1 Å². The molecule has 0 heterocycles. The van der Waals surface area contributed by atoms with Gasteiger partial charge in [-0.1, -0.05) is 0 Å². The van der Waals surface area contributed by atoms with Crippen molar-refractivity contribution in [3.63, 3.8) is 0 Å². The van der Waals surface area contributed by atoms with Crippen LogP contribution >= 0.6 is 0 Å². The minimum atomic E-state index is -2.00. The molecular weight excluding hydrogens is 280 g/mol. The van der Waals surface area contributed by atoms with Gasteiger partial charge in [0.05, 0.1) is 25.2 Å². The fraction of sp³-hybridized carbons (Fsp3) is 0.750. The summed E-state index contributed by atoms with van der Waals surface area (Å²) in [5.41, 5.74) is 0. The Morgan fingerprint density at radius 1 is 0.789 bits per heavy atom. The molecule has 0 aromatic heterocycles. The second-order valence-electron chi connectivity index (χ2n) is 3.03. The molecule has 0 aromatic rings. The first-order valence-corrected chi connectivity index (χ1v) is 4.54. The topological polar surface area (TPSA) is 202 Å². The summed E-state index contributed by atoms with van der Waals surface area (Å²) in [5, 5.41) is 68.8. The number of rotatable bonds is 6. The normalized spacial score (nSPS) is 15.9. The van der Waals surface area contributed by atoms with Gasteiger partial charge in [-0.2, -0.15) is 0 Å². The van der Waals surface area contributed by atoms with Crippen LogP contribution in [0.3, 0.4) is 0 Å². The van der Waals surface area contributed by atoms with E-state index in [1.54, 1.807) is 0 Å². The van der Waals surface area contributed by atoms with Gasteiger partial charge in [0, 0.05) is 0 Å². The summed E-state index contributed by atoms with van der Waals surface area (Å²) in [6.45, 7) is -1.59. The summed E-state index contributed by atoms with van der Waals surface area (Å²) in [7, 11) is 0. The minimum Gasteiger partial charge on any atom is -0.547 e. The van der Waals surface area contributed by atoms with E-state index >= 15 is 0 Å². The molecule has 0 aliphatic heterocycles. The number of carboxylic acids is 2. The van der Waals surface area contributed by atoms with E-state index in [4.69, 9.17) is 30.6 Å². The van der Waals surface area contributed by atoms with Crippen LogP contribution in [0.1, 0.15) is 0 Å². The predicted octanol–water partition coefficient (Wildman–Crippen LogP) is -7.48. The second kappa shape index (κ2) is 12.5. The zero-order chi connectivity index (χ0) is 14.9. The number of hydrogen-bond acceptors (Lipinski definition) is 10. The molecular formula is C8H14MgO10. The van der Waals surface area contributed by atoms with Crippen LogP contribution in [0.5, 0.6) is 0 Å². The second-order valence-corrected chi connectivity index (χ2v) is 3.03. The number of aliphatic hydroxyl groups excluding tert-OH is 6. The van der Waals surface area contributed by atoms with Gasteiger partial charge in [0.1, 0.15) is 24.4 Å². The monoisotopic (exact) mass is 294 g/mol. The summed E-state index contributed by atoms with van der Waals surface area (Å²) in [5.74, 6) is -3.59. The fourth-order valence-corrected chi connectivity index (χ4v) is 0.514. The van der Waals surface area contributed by atoms with Gasteiger partial charge in [-0.15, -0.1) is 0 Å². The van der Waals surface area contributed by atoms with Gasteiger partial charge in [0.15, 0.2) is 0 Å². The van der Waals surface area contributed by atoms with Crippen molar-refractivity contribution in [2.24, 2.45) is 0 Å². The summed E-state index contributed by atoms with van der Waals surface area (Å²) < 4.78 is 0. The number of carbonyl (C=O) groups excluding carboxylic acids is 2. The average molecular weight is 294 g/mol. The molecule has 0 spiro atoms. The Hall–Kier alpha value is -0.534. The molecule has 0 aliphatic rings. The molecule has 0 saturated heterocycles. The van der Waals surface area contributed by atoms with Gasteiger partial charge in [0.25, 0.3) is 0 Å². The van der Waals surface area contributed by atoms with E-state index in [1.807, 2.05) is 0 Å². The number of aliphatic carboxylic acids is 2. The third-order valence-corrected chi connectivity index (χ3v) is 1.59. The first-order valence-electron chi connectivity index (χ1n) is 4.54. The van der Waals surface area contributed by atoms with Crippen LogP contribution in [0.4, 0.5) is 0 Å². The van der Waals surface area contributed by atoms with E-state index in [9.17, 15) is 19.8 Å². The zero-order valence-electron chi connectivity index (χ0n) is 9.75. The van der Waals surface area contributed by atoms with Crippen molar-refractivity contribution in [2.75, 3.05) is 13.2 Å². The average Bonchev–Trinajstić information content (AvgIpc) is 2.35. The van der Waals surface area contributed by atoms with Crippen LogP contribution in [0, 0.1) is 0 Å². The van der Waals surface area contributed by atoms with Gasteiger partial charge >= 0.3 is 23.1 Å². The number of carboxylic acid groups (broad SMARTS) is 2. The van der Waals surface area contributed by atoms with Crippen LogP contribution in [-0.2, 0) is 9.59 Å². The van der Waals surface area contributed by atoms with E-state index in [0.717, 1.165) is 0 Å². The maximum absolute atomic E-state index is 9.67. The molecule has 0 bridgehead atoms. The molecule has 6 N–H and O–H groups in total. The van der Waals surface area contributed by atoms with E-state index in [0.29, 0.717) is 0 Å². The molecule has 0 amide bonds. The van der Waals surface area contributed by atoms with Gasteiger partial charge < -0.3 is 50.4 Å². The van der Waals surface area contributed by atoms with Crippen LogP contribution in [-0.4, -0.2) is 103 Å². The van der Waals surface area contributed by atoms with Crippen molar-refractivity contribution in [3.05, 3.63) is 0 Å². The Labute approximate surface area is 123 Å². The third-order valence-electron chi connectivity index (χ3n) is 1.59. The van der Waals surface area contributed by atoms with Gasteiger partial charge in [0.2, 0.25) is 0 Å². The Balaban J connectivity index is -0.000000256. The van der Waals surface area contributed by atoms with Crippen LogP contribution in [0.25, 0.3) is 0 Å². The molecule has 0 fully saturated rings. The number of aliphatic hydroxyl groups is 6. The molecule has 0 aromatic carbocycles. The quantitative estimate of drug-likeness (QED) is 0.255. The van der Waals surface area contributed by atoms with Gasteiger partial charge in [-0.25, -0.2) is 0 Å². The van der Waals surface area contributed by atoms with Crippen molar-refractivity contribution in [3.8, 4) is 0 Å². The van der Waals surface area contributed by atoms with Crippen LogP contribution < -0.4 is 10.2 Å². The van der Waals surface area contributed by atoms with Crippen molar-refractivity contribution >= 4 is 35.0 Å². The Bertz CT molecular complexity index is 234. The van der Waals surface area contributed by atoms with Gasteiger partial charge in [-0.05, 0) is 0 Å². The van der Waals surface area contributed by atoms with E-state index in [1.165, 1.54) is 0 Å². The largest absolute Gasteiger partial charge is 2.00 e. The molecule has 19 heavy (non-hydrogen) atoms. The Morgan fingerprint density at radius 2 is 1.00 bits per heavy atom. The maximum atomic E-state index is 9.67. The molecule has 10 nitrogen and oxygen atoms in total. The van der Waals surface area contributed by atoms with Crippen molar-refractivity contribution in [1.29, 1.82) is 0 Å². The van der Waals surface area contributed by atoms with Crippen molar-refractivity contribution in [2.45, 2.75) is 24.4 Å². The van der Waals surface area contributed by atoms with E-state index < -0.39 is 49.6 Å². The van der Waals surface area contributed by atoms with Crippen LogP contribution in [0.2, 0.25) is 0 Å². The smallest absolute Gasteiger partial charge is 0.547 e. The minimum absolute atomic E-state index is 0. The summed E-state index contributed by atoms with van der Waals surface area (Å²) in [6, 6.07) is 0. The number of carbonyl (C=O) groups is 2. The SMILES string of the molecule is O=C([O-])C(O)[C@@H](O)CO.O=C([O-])C(O)[C@@H](O)CO.[Mg+2]. The number of hydrogen-bond donors (Lipinski definition) is 6. The van der Waals surface area contributed by atoms with Crippen molar-refractivity contribution < 1.29 is 50.4 Å². The summed E-state index contributed by atoms with van der Waals surface area (Å²) in [4.78, 5) is 19.3. The molecule has 0 rings (SSSR count). The summed E-state index contributed by atoms with van der Waals surface area (Å²) >= 11 is 0. The fourth-order valence-electron chi connectivity index (χ4n) is 0.514. The molecule has 0 aliphatic carbocycles. The molecule has 0 saturated carbocycles. The Morgan fingerprint density at radius 3 is 1.05 bits per heavy atom. The first-order chi connectivity index (χ1) is 8.18. The van der Waals surface area contributed by atoms with Crippen LogP contribution in [0.15, 0.2) is 0 Å². The van der Waals surface area contributed by atoms with Crippen molar-refractivity contribution in [1.82, 2.24) is 0 Å². The molecule has 11 heteroatoms. The zero-order valence-corrected chi connectivity index (χ0v) is 11.2. The first kappa shape index (κ1) is 23.6. The molecule has 2 unspecified atom stereocenters. The third kappa shape index (κ3) is 11.0. The Kier molecular flexibility index (Phi) is 15.5. The summed E-state index contributed by atoms with van der Waals surface area (Å²) in [6.07, 6.45) is -7.32. The van der Waals surface area contributed by atoms with Gasteiger partial charge in [-0.3, -0.25) is 0 Å². The molecule has 4 atom stereocenters. The van der Waals surface area contributed by atoms with E-state index in [2.05, 4.69) is 0 Å². The maximum Gasteiger partial charge on any atom is 2.00 e. The predicted molar refractivity (Wildman–Crippen MR) is 54.0 cm³/mol.